The number of likely N-dealkylation sites (tertiary alicyclic amines) is 1. The van der Waals surface area contributed by atoms with Gasteiger partial charge in [0.1, 0.15) is 0 Å². The maximum atomic E-state index is 3.69. The number of piperidine rings is 1. The van der Waals surface area contributed by atoms with Gasteiger partial charge in [0.05, 0.1) is 0 Å². The van der Waals surface area contributed by atoms with Crippen LogP contribution in [0.1, 0.15) is 56.1 Å². The van der Waals surface area contributed by atoms with Crippen LogP contribution in [-0.2, 0) is 5.41 Å². The Bertz CT molecular complexity index is 600. The summed E-state index contributed by atoms with van der Waals surface area (Å²) in [6.07, 6.45) is 10.2. The zero-order valence-corrected chi connectivity index (χ0v) is 14.5. The molecule has 2 saturated carbocycles. The maximum absolute atomic E-state index is 3.69. The van der Waals surface area contributed by atoms with E-state index in [1.54, 1.807) is 5.56 Å². The molecule has 1 spiro atoms. The summed E-state index contributed by atoms with van der Waals surface area (Å²) in [7, 11) is 0. The van der Waals surface area contributed by atoms with Crippen LogP contribution in [0.15, 0.2) is 18.2 Å². The van der Waals surface area contributed by atoms with Gasteiger partial charge < -0.3 is 10.2 Å². The average molecular weight is 310 g/mol. The lowest BCUT2D eigenvalue weighted by Crippen LogP contribution is -2.57. The molecular formula is C21H30N2. The predicted molar refractivity (Wildman–Crippen MR) is 96.0 cm³/mol. The maximum Gasteiger partial charge on any atom is 0.0379 e. The molecule has 2 aliphatic heterocycles. The molecule has 1 aromatic carbocycles. The lowest BCUT2D eigenvalue weighted by atomic mass is 9.61. The van der Waals surface area contributed by atoms with Crippen LogP contribution in [0.5, 0.6) is 0 Å². The van der Waals surface area contributed by atoms with Crippen molar-refractivity contribution in [3.8, 4) is 0 Å². The van der Waals surface area contributed by atoms with Crippen LogP contribution in [-0.4, -0.2) is 30.6 Å². The van der Waals surface area contributed by atoms with E-state index in [0.717, 1.165) is 24.4 Å². The van der Waals surface area contributed by atoms with Gasteiger partial charge in [0.15, 0.2) is 0 Å². The fourth-order valence-electron chi connectivity index (χ4n) is 6.08. The molecule has 3 fully saturated rings. The van der Waals surface area contributed by atoms with Crippen molar-refractivity contribution in [1.29, 1.82) is 0 Å². The molecule has 3 unspecified atom stereocenters. The Labute approximate surface area is 140 Å². The summed E-state index contributed by atoms with van der Waals surface area (Å²) in [6.45, 7) is 6.04. The zero-order valence-electron chi connectivity index (χ0n) is 14.5. The number of benzene rings is 1. The lowest BCUT2D eigenvalue weighted by molar-refractivity contribution is -0.0378. The van der Waals surface area contributed by atoms with E-state index in [9.17, 15) is 0 Å². The highest BCUT2D eigenvalue weighted by Gasteiger charge is 2.48. The Kier molecular flexibility index (Phi) is 3.27. The minimum Gasteiger partial charge on any atom is -0.384 e. The van der Waals surface area contributed by atoms with Crippen molar-refractivity contribution in [1.82, 2.24) is 4.90 Å². The molecule has 0 aromatic heterocycles. The van der Waals surface area contributed by atoms with E-state index >= 15 is 0 Å². The van der Waals surface area contributed by atoms with Crippen LogP contribution in [0.3, 0.4) is 0 Å². The van der Waals surface area contributed by atoms with E-state index in [1.165, 1.54) is 69.3 Å². The van der Waals surface area contributed by atoms with Crippen LogP contribution in [0.2, 0.25) is 0 Å². The van der Waals surface area contributed by atoms with Crippen molar-refractivity contribution in [2.75, 3.05) is 25.0 Å². The van der Waals surface area contributed by atoms with E-state index in [0.29, 0.717) is 5.41 Å². The first-order valence-corrected chi connectivity index (χ1v) is 9.84. The molecule has 2 heteroatoms. The lowest BCUT2D eigenvalue weighted by Gasteiger charge is -2.55. The monoisotopic (exact) mass is 310 g/mol. The SMILES string of the molecule is Cc1ccc2c(c1)C1(CCN(C3CC4CCCCC43)CC1)CN2. The molecule has 2 aliphatic carbocycles. The molecule has 2 nitrogen and oxygen atoms in total. The molecule has 4 aliphatic rings. The van der Waals surface area contributed by atoms with Crippen molar-refractivity contribution >= 4 is 5.69 Å². The van der Waals surface area contributed by atoms with Gasteiger partial charge in [-0.25, -0.2) is 0 Å². The first kappa shape index (κ1) is 14.3. The summed E-state index contributed by atoms with van der Waals surface area (Å²) in [6, 6.07) is 7.93. The molecule has 0 radical (unpaired) electrons. The van der Waals surface area contributed by atoms with Crippen LogP contribution in [0, 0.1) is 18.8 Å². The van der Waals surface area contributed by atoms with Crippen molar-refractivity contribution in [3.05, 3.63) is 29.3 Å². The Morgan fingerprint density at radius 3 is 2.78 bits per heavy atom. The summed E-state index contributed by atoms with van der Waals surface area (Å²) < 4.78 is 0. The number of nitrogens with zero attached hydrogens (tertiary/aromatic N) is 1. The molecule has 23 heavy (non-hydrogen) atoms. The van der Waals surface area contributed by atoms with Crippen molar-refractivity contribution in [3.63, 3.8) is 0 Å². The summed E-state index contributed by atoms with van der Waals surface area (Å²) >= 11 is 0. The highest BCUT2D eigenvalue weighted by atomic mass is 15.2. The minimum absolute atomic E-state index is 0.424. The van der Waals surface area contributed by atoms with Gasteiger partial charge in [0, 0.05) is 23.7 Å². The Balaban J connectivity index is 1.30. The van der Waals surface area contributed by atoms with Gasteiger partial charge in [0.2, 0.25) is 0 Å². The van der Waals surface area contributed by atoms with Gasteiger partial charge in [-0.2, -0.15) is 0 Å². The molecule has 124 valence electrons. The number of fused-ring (bicyclic) bond motifs is 3. The normalized spacial score (nSPS) is 35.3. The second-order valence-electron chi connectivity index (χ2n) is 8.73. The number of aryl methyl sites for hydroxylation is 1. The summed E-state index contributed by atoms with van der Waals surface area (Å²) in [5, 5.41) is 3.69. The average Bonchev–Trinajstić information content (AvgIpc) is 2.89. The van der Waals surface area contributed by atoms with Crippen LogP contribution in [0.25, 0.3) is 0 Å². The third-order valence-corrected chi connectivity index (χ3v) is 7.59. The van der Waals surface area contributed by atoms with Crippen molar-refractivity contribution < 1.29 is 0 Å². The fraction of sp³-hybridized carbons (Fsp3) is 0.714. The first-order valence-electron chi connectivity index (χ1n) is 9.84. The number of anilines is 1. The largest absolute Gasteiger partial charge is 0.384 e. The van der Waals surface area contributed by atoms with E-state index in [1.807, 2.05) is 0 Å². The molecular weight excluding hydrogens is 280 g/mol. The third-order valence-electron chi connectivity index (χ3n) is 7.59. The van der Waals surface area contributed by atoms with E-state index in [-0.39, 0.29) is 0 Å². The number of hydrogen-bond donors (Lipinski definition) is 1. The molecule has 2 heterocycles. The zero-order chi connectivity index (χ0) is 15.4. The van der Waals surface area contributed by atoms with Crippen LogP contribution >= 0.6 is 0 Å². The van der Waals surface area contributed by atoms with E-state index < -0.39 is 0 Å². The van der Waals surface area contributed by atoms with Crippen molar-refractivity contribution in [2.24, 2.45) is 11.8 Å². The molecule has 1 N–H and O–H groups in total. The molecule has 1 aromatic rings. The standard InChI is InChI=1S/C21H30N2/c1-15-6-7-19-18(12-15)21(14-22-19)8-10-23(11-9-21)20-13-16-4-2-3-5-17(16)20/h6-7,12,16-17,20,22H,2-5,8-11,13-14H2,1H3. The molecule has 0 bridgehead atoms. The van der Waals surface area contributed by atoms with Gasteiger partial charge in [-0.1, -0.05) is 37.0 Å². The molecule has 3 atom stereocenters. The van der Waals surface area contributed by atoms with Crippen LogP contribution < -0.4 is 5.32 Å². The Morgan fingerprint density at radius 2 is 1.96 bits per heavy atom. The third kappa shape index (κ3) is 2.17. The molecule has 1 saturated heterocycles. The topological polar surface area (TPSA) is 15.3 Å². The smallest absolute Gasteiger partial charge is 0.0379 e. The predicted octanol–water partition coefficient (Wildman–Crippen LogP) is 4.33. The first-order chi connectivity index (χ1) is 11.3. The second kappa shape index (κ2) is 5.24. The highest BCUT2D eigenvalue weighted by Crippen LogP contribution is 2.50. The molecule has 0 amide bonds. The van der Waals surface area contributed by atoms with Gasteiger partial charge in [-0.05, 0) is 69.2 Å². The van der Waals surface area contributed by atoms with Gasteiger partial charge in [0.25, 0.3) is 0 Å². The number of hydrogen-bond acceptors (Lipinski definition) is 2. The Morgan fingerprint density at radius 1 is 1.13 bits per heavy atom. The van der Waals surface area contributed by atoms with E-state index in [4.69, 9.17) is 0 Å². The van der Waals surface area contributed by atoms with Crippen molar-refractivity contribution in [2.45, 2.75) is 63.3 Å². The van der Waals surface area contributed by atoms with Gasteiger partial charge in [-0.15, -0.1) is 0 Å². The highest BCUT2D eigenvalue weighted by molar-refractivity contribution is 5.61. The van der Waals surface area contributed by atoms with Crippen LogP contribution in [0.4, 0.5) is 5.69 Å². The fourth-order valence-corrected chi connectivity index (χ4v) is 6.08. The summed E-state index contributed by atoms with van der Waals surface area (Å²) in [5.74, 6) is 2.13. The minimum atomic E-state index is 0.424. The van der Waals surface area contributed by atoms with Gasteiger partial charge in [-0.3, -0.25) is 0 Å². The molecule has 5 rings (SSSR count). The van der Waals surface area contributed by atoms with Gasteiger partial charge >= 0.3 is 0 Å². The van der Waals surface area contributed by atoms with E-state index in [2.05, 4.69) is 35.3 Å². The second-order valence-corrected chi connectivity index (χ2v) is 8.73. The number of rotatable bonds is 1. The summed E-state index contributed by atoms with van der Waals surface area (Å²) in [4.78, 5) is 2.87. The quantitative estimate of drug-likeness (QED) is 0.830. The Hall–Kier alpha value is -1.02. The number of nitrogens with one attached hydrogen (secondary N) is 1. The summed E-state index contributed by atoms with van der Waals surface area (Å²) in [5.41, 5.74) is 4.85.